The summed E-state index contributed by atoms with van der Waals surface area (Å²) in [5, 5.41) is 0. The van der Waals surface area contributed by atoms with Gasteiger partial charge in [-0.1, -0.05) is 53.7 Å². The molecule has 0 aliphatic rings. The van der Waals surface area contributed by atoms with Gasteiger partial charge in [0.25, 0.3) is 0 Å². The minimum atomic E-state index is -0.246. The smallest absolute Gasteiger partial charge is 0.169 e. The first-order valence-electron chi connectivity index (χ1n) is 11.9. The summed E-state index contributed by atoms with van der Waals surface area (Å²) in [6.07, 6.45) is 3.45. The maximum Gasteiger partial charge on any atom is 0.169 e. The second-order valence-corrected chi connectivity index (χ2v) is 7.57. The van der Waals surface area contributed by atoms with E-state index < -0.39 is 0 Å². The molecule has 34 heavy (non-hydrogen) atoms. The maximum absolute atomic E-state index is 12.1. The first-order valence-corrected chi connectivity index (χ1v) is 11.9. The molecule has 1 unspecified atom stereocenters. The average molecular weight is 480 g/mol. The molecular weight excluding hydrogens is 434 g/mol. The first-order chi connectivity index (χ1) is 16.1. The van der Waals surface area contributed by atoms with Crippen LogP contribution < -0.4 is 10.5 Å². The Bertz CT molecular complexity index is 755. The third-order valence-electron chi connectivity index (χ3n) is 4.56. The number of aldehydes is 1. The second kappa shape index (κ2) is 22.1. The van der Waals surface area contributed by atoms with E-state index in [1.165, 1.54) is 14.0 Å². The number of nitrogens with two attached hydrogens (primary N) is 1. The Morgan fingerprint density at radius 1 is 1.00 bits per heavy atom. The standard InChI is InChI=1S/C14H16O4.C10H18O2.C2H6.CH5N/c1-9(2)14(17)13-11(10(3)16)5-4-6-12(13)18-8-7-15;1-4-5-10(12)7-6-8(2)9(3)11;2*1-2/h4-7,9H,8H2,1-3H3;8H,4-7H2,1-3H3;1-2H3;2H2,1H3. The molecule has 1 aromatic rings. The lowest BCUT2D eigenvalue weighted by Gasteiger charge is -2.13. The molecule has 1 rings (SSSR count). The first kappa shape index (κ1) is 35.9. The van der Waals surface area contributed by atoms with E-state index in [-0.39, 0.29) is 52.9 Å². The topological polar surface area (TPSA) is 121 Å². The van der Waals surface area contributed by atoms with Crippen LogP contribution in [0, 0.1) is 11.8 Å². The van der Waals surface area contributed by atoms with Gasteiger partial charge in [0, 0.05) is 30.2 Å². The van der Waals surface area contributed by atoms with E-state index in [1.807, 2.05) is 27.7 Å². The molecule has 0 bridgehead atoms. The van der Waals surface area contributed by atoms with E-state index in [0.717, 1.165) is 6.42 Å². The highest BCUT2D eigenvalue weighted by Crippen LogP contribution is 2.26. The monoisotopic (exact) mass is 479 g/mol. The van der Waals surface area contributed by atoms with Gasteiger partial charge in [-0.3, -0.25) is 24.0 Å². The molecule has 0 saturated heterocycles. The predicted octanol–water partition coefficient (Wildman–Crippen LogP) is 5.27. The third kappa shape index (κ3) is 15.2. The summed E-state index contributed by atoms with van der Waals surface area (Å²) in [5.41, 5.74) is 5.10. The molecule has 0 fully saturated rings. The van der Waals surface area contributed by atoms with Gasteiger partial charge in [-0.05, 0) is 39.8 Å². The minimum Gasteiger partial charge on any atom is -0.485 e. The van der Waals surface area contributed by atoms with E-state index in [9.17, 15) is 24.0 Å². The Morgan fingerprint density at radius 2 is 1.56 bits per heavy atom. The number of carbonyl (C=O) groups excluding carboxylic acids is 5. The SMILES string of the molecule is CC.CC(=O)c1cccc(OCC=O)c1C(=O)C(C)C.CCCC(=O)CCC(C)C(C)=O.CN. The Morgan fingerprint density at radius 3 is 1.97 bits per heavy atom. The van der Waals surface area contributed by atoms with E-state index in [1.54, 1.807) is 39.0 Å². The number of ketones is 4. The fourth-order valence-electron chi connectivity index (χ4n) is 2.60. The minimum absolute atomic E-state index is 0.0470. The van der Waals surface area contributed by atoms with Gasteiger partial charge in [-0.15, -0.1) is 0 Å². The molecule has 0 aliphatic carbocycles. The number of hydrogen-bond donors (Lipinski definition) is 1. The molecule has 2 N–H and O–H groups in total. The summed E-state index contributed by atoms with van der Waals surface area (Å²) in [4.78, 5) is 55.9. The number of benzene rings is 1. The van der Waals surface area contributed by atoms with Crippen molar-refractivity contribution in [3.8, 4) is 5.75 Å². The molecular formula is C27H45NO6. The van der Waals surface area contributed by atoms with Crippen LogP contribution in [0.5, 0.6) is 5.75 Å². The molecule has 7 nitrogen and oxygen atoms in total. The van der Waals surface area contributed by atoms with Crippen molar-refractivity contribution in [1.82, 2.24) is 0 Å². The number of Topliss-reactive ketones (excluding diaryl/α,β-unsaturated/α-hetero) is 4. The van der Waals surface area contributed by atoms with Crippen LogP contribution in [-0.2, 0) is 14.4 Å². The Kier molecular flexibility index (Phi) is 23.4. The molecule has 194 valence electrons. The maximum atomic E-state index is 12.1. The van der Waals surface area contributed by atoms with Crippen molar-refractivity contribution in [2.45, 2.75) is 81.1 Å². The highest BCUT2D eigenvalue weighted by Gasteiger charge is 2.22. The Labute approximate surface area is 205 Å². The van der Waals surface area contributed by atoms with Gasteiger partial charge in [0.05, 0.1) is 5.56 Å². The Hall–Kier alpha value is -2.67. The summed E-state index contributed by atoms with van der Waals surface area (Å²) >= 11 is 0. The van der Waals surface area contributed by atoms with Crippen molar-refractivity contribution >= 4 is 29.4 Å². The van der Waals surface area contributed by atoms with Crippen molar-refractivity contribution in [2.75, 3.05) is 13.7 Å². The van der Waals surface area contributed by atoms with Crippen LogP contribution in [0.3, 0.4) is 0 Å². The van der Waals surface area contributed by atoms with Gasteiger partial charge < -0.3 is 10.5 Å². The van der Waals surface area contributed by atoms with E-state index in [2.05, 4.69) is 5.73 Å². The van der Waals surface area contributed by atoms with Crippen molar-refractivity contribution in [3.05, 3.63) is 29.3 Å². The van der Waals surface area contributed by atoms with Gasteiger partial charge in [-0.2, -0.15) is 0 Å². The zero-order valence-corrected chi connectivity index (χ0v) is 22.5. The summed E-state index contributed by atoms with van der Waals surface area (Å²) in [6.45, 7) is 14.2. The molecule has 0 amide bonds. The Balaban J connectivity index is -0.000000523. The number of rotatable bonds is 12. The van der Waals surface area contributed by atoms with Crippen LogP contribution in [0.15, 0.2) is 18.2 Å². The summed E-state index contributed by atoms with van der Waals surface area (Å²) in [5.74, 6) is 0.186. The van der Waals surface area contributed by atoms with Crippen LogP contribution in [0.4, 0.5) is 0 Å². The van der Waals surface area contributed by atoms with Crippen molar-refractivity contribution in [2.24, 2.45) is 17.6 Å². The van der Waals surface area contributed by atoms with Crippen molar-refractivity contribution < 1.29 is 28.7 Å². The van der Waals surface area contributed by atoms with Gasteiger partial charge in [0.15, 0.2) is 17.9 Å². The second-order valence-electron chi connectivity index (χ2n) is 7.57. The molecule has 0 heterocycles. The largest absolute Gasteiger partial charge is 0.485 e. The zero-order chi connectivity index (χ0) is 27.3. The average Bonchev–Trinajstić information content (AvgIpc) is 2.83. The lowest BCUT2D eigenvalue weighted by atomic mass is 9.94. The fraction of sp³-hybridized carbons (Fsp3) is 0.593. The van der Waals surface area contributed by atoms with Gasteiger partial charge in [0.1, 0.15) is 23.9 Å². The fourth-order valence-corrected chi connectivity index (χ4v) is 2.60. The molecule has 0 aliphatic heterocycles. The van der Waals surface area contributed by atoms with Crippen LogP contribution >= 0.6 is 0 Å². The van der Waals surface area contributed by atoms with Crippen molar-refractivity contribution in [3.63, 3.8) is 0 Å². The molecule has 0 saturated carbocycles. The highest BCUT2D eigenvalue weighted by molar-refractivity contribution is 6.10. The van der Waals surface area contributed by atoms with Crippen LogP contribution in [0.1, 0.15) is 102 Å². The zero-order valence-electron chi connectivity index (χ0n) is 22.5. The van der Waals surface area contributed by atoms with Crippen LogP contribution in [0.2, 0.25) is 0 Å². The van der Waals surface area contributed by atoms with Crippen molar-refractivity contribution in [1.29, 1.82) is 0 Å². The lowest BCUT2D eigenvalue weighted by molar-refractivity contribution is -0.121. The molecule has 0 aromatic heterocycles. The van der Waals surface area contributed by atoms with Crippen LogP contribution in [-0.4, -0.2) is 43.1 Å². The predicted molar refractivity (Wildman–Crippen MR) is 138 cm³/mol. The number of carbonyl (C=O) groups is 5. The quantitative estimate of drug-likeness (QED) is 0.320. The number of ether oxygens (including phenoxy) is 1. The molecule has 0 radical (unpaired) electrons. The molecule has 1 atom stereocenters. The van der Waals surface area contributed by atoms with Gasteiger partial charge in [0.2, 0.25) is 0 Å². The summed E-state index contributed by atoms with van der Waals surface area (Å²) in [7, 11) is 1.50. The van der Waals surface area contributed by atoms with E-state index in [0.29, 0.717) is 31.1 Å². The third-order valence-corrected chi connectivity index (χ3v) is 4.56. The summed E-state index contributed by atoms with van der Waals surface area (Å²) < 4.78 is 5.21. The highest BCUT2D eigenvalue weighted by atomic mass is 16.5. The molecule has 0 spiro atoms. The number of hydrogen-bond acceptors (Lipinski definition) is 7. The van der Waals surface area contributed by atoms with E-state index >= 15 is 0 Å². The molecule has 7 heteroatoms. The van der Waals surface area contributed by atoms with E-state index in [4.69, 9.17) is 4.74 Å². The lowest BCUT2D eigenvalue weighted by Crippen LogP contribution is -2.15. The van der Waals surface area contributed by atoms with Crippen LogP contribution in [0.25, 0.3) is 0 Å². The normalized spacial score (nSPS) is 10.2. The van der Waals surface area contributed by atoms with Gasteiger partial charge >= 0.3 is 0 Å². The summed E-state index contributed by atoms with van der Waals surface area (Å²) in [6, 6.07) is 4.81. The van der Waals surface area contributed by atoms with Gasteiger partial charge in [-0.25, -0.2) is 0 Å². The molecule has 1 aromatic carbocycles.